The quantitative estimate of drug-likeness (QED) is 0.742. The number of aryl methyl sites for hydroxylation is 1. The molecule has 150 valence electrons. The molecule has 0 atom stereocenters. The summed E-state index contributed by atoms with van der Waals surface area (Å²) in [4.78, 5) is 28.4. The van der Waals surface area contributed by atoms with Crippen LogP contribution in [0.1, 0.15) is 24.8 Å². The fourth-order valence-electron chi connectivity index (χ4n) is 3.00. The molecular formula is C19H26N6O2S. The van der Waals surface area contributed by atoms with Crippen molar-refractivity contribution in [3.05, 3.63) is 35.3 Å². The topological polar surface area (TPSA) is 90.5 Å². The van der Waals surface area contributed by atoms with Crippen LogP contribution in [0.3, 0.4) is 0 Å². The van der Waals surface area contributed by atoms with Crippen LogP contribution in [-0.2, 0) is 11.2 Å². The zero-order chi connectivity index (χ0) is 19.8. The summed E-state index contributed by atoms with van der Waals surface area (Å²) in [5.74, 6) is -0.0799. The van der Waals surface area contributed by atoms with E-state index >= 15 is 0 Å². The number of urea groups is 1. The highest BCUT2D eigenvalue weighted by molar-refractivity contribution is 7.15. The van der Waals surface area contributed by atoms with Crippen LogP contribution in [0.25, 0.3) is 0 Å². The number of nitrogens with one attached hydrogen (secondary N) is 2. The maximum Gasteiger partial charge on any atom is 0.321 e. The maximum absolute atomic E-state index is 12.4. The molecule has 9 heteroatoms. The third-order valence-electron chi connectivity index (χ3n) is 4.59. The average molecular weight is 403 g/mol. The van der Waals surface area contributed by atoms with E-state index in [-0.39, 0.29) is 12.5 Å². The Kier molecular flexibility index (Phi) is 7.18. The molecule has 28 heavy (non-hydrogen) atoms. The van der Waals surface area contributed by atoms with Crippen LogP contribution >= 0.6 is 11.3 Å². The van der Waals surface area contributed by atoms with Gasteiger partial charge in [-0.3, -0.25) is 10.1 Å². The number of benzene rings is 1. The van der Waals surface area contributed by atoms with Crippen LogP contribution in [0.2, 0.25) is 0 Å². The zero-order valence-electron chi connectivity index (χ0n) is 16.1. The monoisotopic (exact) mass is 402 g/mol. The van der Waals surface area contributed by atoms with E-state index in [2.05, 4.69) is 44.8 Å². The summed E-state index contributed by atoms with van der Waals surface area (Å²) >= 11 is 1.37. The maximum atomic E-state index is 12.4. The molecule has 1 aliphatic heterocycles. The van der Waals surface area contributed by atoms with Gasteiger partial charge in [0.2, 0.25) is 11.0 Å². The summed E-state index contributed by atoms with van der Waals surface area (Å²) in [5.41, 5.74) is 1.17. The molecule has 0 spiro atoms. The normalized spacial score (nSPS) is 14.0. The minimum atomic E-state index is -0.436. The van der Waals surface area contributed by atoms with Crippen molar-refractivity contribution in [2.45, 2.75) is 26.2 Å². The number of hydrogen-bond donors (Lipinski definition) is 2. The van der Waals surface area contributed by atoms with E-state index < -0.39 is 6.03 Å². The Morgan fingerprint density at radius 1 is 1.11 bits per heavy atom. The molecule has 1 aliphatic rings. The van der Waals surface area contributed by atoms with Gasteiger partial charge in [-0.05, 0) is 18.6 Å². The van der Waals surface area contributed by atoms with Crippen molar-refractivity contribution < 1.29 is 9.59 Å². The van der Waals surface area contributed by atoms with Crippen molar-refractivity contribution in [1.29, 1.82) is 0 Å². The van der Waals surface area contributed by atoms with Crippen LogP contribution in [-0.4, -0.2) is 59.8 Å². The molecule has 8 nitrogen and oxygen atoms in total. The van der Waals surface area contributed by atoms with Gasteiger partial charge in [-0.2, -0.15) is 0 Å². The predicted octanol–water partition coefficient (Wildman–Crippen LogP) is 2.35. The van der Waals surface area contributed by atoms with E-state index in [1.165, 1.54) is 17.0 Å². The van der Waals surface area contributed by atoms with E-state index in [0.717, 1.165) is 37.4 Å². The summed E-state index contributed by atoms with van der Waals surface area (Å²) in [6, 6.07) is 9.73. The molecule has 0 saturated carbocycles. The molecule has 0 bridgehead atoms. The minimum absolute atomic E-state index is 0.0291. The highest BCUT2D eigenvalue weighted by atomic mass is 32.1. The molecule has 1 saturated heterocycles. The summed E-state index contributed by atoms with van der Waals surface area (Å²) in [5, 5.41) is 14.6. The van der Waals surface area contributed by atoms with Gasteiger partial charge in [0.15, 0.2) is 0 Å². The Bertz CT molecular complexity index is 774. The van der Waals surface area contributed by atoms with Gasteiger partial charge in [-0.1, -0.05) is 42.9 Å². The molecule has 0 radical (unpaired) electrons. The third kappa shape index (κ3) is 5.66. The number of rotatable bonds is 7. The number of carbonyl (C=O) groups excluding carboxylic acids is 2. The summed E-state index contributed by atoms with van der Waals surface area (Å²) in [6.07, 6.45) is 3.00. The van der Waals surface area contributed by atoms with Crippen molar-refractivity contribution >= 4 is 34.1 Å². The third-order valence-corrected chi connectivity index (χ3v) is 5.48. The second kappa shape index (κ2) is 10.0. The van der Waals surface area contributed by atoms with Gasteiger partial charge < -0.3 is 15.1 Å². The van der Waals surface area contributed by atoms with Gasteiger partial charge in [0.1, 0.15) is 5.01 Å². The Hall–Kier alpha value is -2.68. The molecule has 3 amide bonds. The molecule has 2 N–H and O–H groups in total. The van der Waals surface area contributed by atoms with Crippen molar-refractivity contribution in [3.8, 4) is 0 Å². The number of anilines is 2. The van der Waals surface area contributed by atoms with Crippen LogP contribution in [0.15, 0.2) is 30.3 Å². The van der Waals surface area contributed by atoms with E-state index in [4.69, 9.17) is 0 Å². The Labute approximate surface area is 168 Å². The number of hydrogen-bond acceptors (Lipinski definition) is 6. The summed E-state index contributed by atoms with van der Waals surface area (Å²) in [7, 11) is 0. The smallest absolute Gasteiger partial charge is 0.321 e. The summed E-state index contributed by atoms with van der Waals surface area (Å²) < 4.78 is 0. The molecule has 2 aromatic rings. The Balaban J connectivity index is 1.38. The molecule has 1 aromatic heterocycles. The highest BCUT2D eigenvalue weighted by Crippen LogP contribution is 2.17. The number of amides is 3. The number of nitrogens with zero attached hydrogens (tertiary/aromatic N) is 4. The van der Waals surface area contributed by atoms with Crippen molar-refractivity contribution in [1.82, 2.24) is 20.4 Å². The fraction of sp³-hybridized carbons (Fsp3) is 0.474. The van der Waals surface area contributed by atoms with Crippen molar-refractivity contribution in [2.75, 3.05) is 42.9 Å². The molecular weight excluding hydrogens is 376 g/mol. The number of unbranched alkanes of at least 4 members (excludes halogenated alkanes) is 1. The van der Waals surface area contributed by atoms with Crippen LogP contribution in [0.5, 0.6) is 0 Å². The second-order valence-corrected chi connectivity index (χ2v) is 7.68. The van der Waals surface area contributed by atoms with Crippen molar-refractivity contribution in [2.24, 2.45) is 0 Å². The van der Waals surface area contributed by atoms with Gasteiger partial charge in [0.05, 0.1) is 6.54 Å². The van der Waals surface area contributed by atoms with Crippen LogP contribution in [0.4, 0.5) is 15.6 Å². The highest BCUT2D eigenvalue weighted by Gasteiger charge is 2.21. The lowest BCUT2D eigenvalue weighted by molar-refractivity contribution is -0.130. The number of para-hydroxylation sites is 1. The van der Waals surface area contributed by atoms with Crippen LogP contribution < -0.4 is 15.5 Å². The first-order chi connectivity index (χ1) is 13.7. The molecule has 1 aromatic carbocycles. The molecule has 0 aliphatic carbocycles. The number of aromatic nitrogens is 2. The molecule has 1 fully saturated rings. The van der Waals surface area contributed by atoms with E-state index in [9.17, 15) is 9.59 Å². The predicted molar refractivity (Wildman–Crippen MR) is 111 cm³/mol. The van der Waals surface area contributed by atoms with E-state index in [0.29, 0.717) is 18.2 Å². The number of carbonyl (C=O) groups is 2. The SMILES string of the molecule is CCCCc1nnc(NC(=O)NCC(=O)N2CCN(c3ccccc3)CC2)s1. The molecule has 0 unspecified atom stereocenters. The van der Waals surface area contributed by atoms with Gasteiger partial charge >= 0.3 is 6.03 Å². The standard InChI is InChI=1S/C19H26N6O2S/c1-2-3-9-16-22-23-19(28-16)21-18(27)20-14-17(26)25-12-10-24(11-13-25)15-7-5-4-6-8-15/h4-8H,2-3,9-14H2,1H3,(H2,20,21,23,27). The van der Waals surface area contributed by atoms with E-state index in [1.807, 2.05) is 18.2 Å². The Morgan fingerprint density at radius 2 is 1.86 bits per heavy atom. The Morgan fingerprint density at radius 3 is 2.57 bits per heavy atom. The molecule has 2 heterocycles. The van der Waals surface area contributed by atoms with E-state index in [1.54, 1.807) is 4.90 Å². The average Bonchev–Trinajstić information content (AvgIpc) is 3.18. The van der Waals surface area contributed by atoms with Gasteiger partial charge in [0, 0.05) is 38.3 Å². The van der Waals surface area contributed by atoms with Gasteiger partial charge in [-0.25, -0.2) is 4.79 Å². The lowest BCUT2D eigenvalue weighted by Crippen LogP contribution is -2.51. The number of piperazine rings is 1. The lowest BCUT2D eigenvalue weighted by atomic mass is 10.2. The first-order valence-electron chi connectivity index (χ1n) is 9.60. The van der Waals surface area contributed by atoms with Gasteiger partial charge in [-0.15, -0.1) is 10.2 Å². The first kappa shape index (κ1) is 20.1. The lowest BCUT2D eigenvalue weighted by Gasteiger charge is -2.36. The van der Waals surface area contributed by atoms with Crippen molar-refractivity contribution in [3.63, 3.8) is 0 Å². The van der Waals surface area contributed by atoms with Gasteiger partial charge in [0.25, 0.3) is 0 Å². The summed E-state index contributed by atoms with van der Waals surface area (Å²) in [6.45, 7) is 4.95. The van der Waals surface area contributed by atoms with Crippen LogP contribution in [0, 0.1) is 0 Å². The largest absolute Gasteiger partial charge is 0.368 e. The first-order valence-corrected chi connectivity index (χ1v) is 10.4. The fourth-order valence-corrected chi connectivity index (χ4v) is 3.77. The molecule has 3 rings (SSSR count). The zero-order valence-corrected chi connectivity index (χ0v) is 16.9. The minimum Gasteiger partial charge on any atom is -0.368 e. The second-order valence-electron chi connectivity index (χ2n) is 6.62.